The molecule has 3 nitrogen and oxygen atoms in total. The summed E-state index contributed by atoms with van der Waals surface area (Å²) in [5, 5.41) is 0. The first kappa shape index (κ1) is 14.0. The van der Waals surface area contributed by atoms with Gasteiger partial charge in [0.15, 0.2) is 0 Å². The molecule has 0 atom stereocenters. The zero-order valence-electron chi connectivity index (χ0n) is 10.5. The Morgan fingerprint density at radius 1 is 1.32 bits per heavy atom. The lowest BCUT2D eigenvalue weighted by Crippen LogP contribution is -2.33. The molecular formula is C13H17F3N2O. The second-order valence-corrected chi connectivity index (χ2v) is 4.60. The lowest BCUT2D eigenvalue weighted by molar-refractivity contribution is -0.173. The average molecular weight is 274 g/mol. The minimum Gasteiger partial charge on any atom is -0.398 e. The summed E-state index contributed by atoms with van der Waals surface area (Å²) in [6.07, 6.45) is -2.38. The van der Waals surface area contributed by atoms with E-state index in [1.807, 2.05) is 23.1 Å². The molecule has 1 aliphatic heterocycles. The maximum Gasteiger partial charge on any atom is 0.411 e. The molecular weight excluding hydrogens is 257 g/mol. The molecule has 0 unspecified atom stereocenters. The third kappa shape index (κ3) is 3.76. The molecule has 0 bridgehead atoms. The van der Waals surface area contributed by atoms with Crippen molar-refractivity contribution in [2.45, 2.75) is 19.0 Å². The highest BCUT2D eigenvalue weighted by Gasteiger charge is 2.27. The van der Waals surface area contributed by atoms with Crippen molar-refractivity contribution in [3.8, 4) is 0 Å². The first-order chi connectivity index (χ1) is 8.97. The van der Waals surface area contributed by atoms with E-state index < -0.39 is 12.8 Å². The van der Waals surface area contributed by atoms with Gasteiger partial charge in [-0.25, -0.2) is 0 Å². The van der Waals surface area contributed by atoms with Crippen LogP contribution < -0.4 is 10.6 Å². The van der Waals surface area contributed by atoms with Crippen LogP contribution in [-0.2, 0) is 11.2 Å². The largest absolute Gasteiger partial charge is 0.411 e. The molecule has 1 aromatic rings. The summed E-state index contributed by atoms with van der Waals surface area (Å²) in [5.74, 6) is 0. The Balaban J connectivity index is 1.91. The van der Waals surface area contributed by atoms with Crippen LogP contribution in [0.5, 0.6) is 0 Å². The molecule has 0 saturated carbocycles. The number of nitrogens with two attached hydrogens (primary N) is 1. The van der Waals surface area contributed by atoms with E-state index >= 15 is 0 Å². The van der Waals surface area contributed by atoms with E-state index in [0.29, 0.717) is 6.54 Å². The Kier molecular flexibility index (Phi) is 4.19. The maximum atomic E-state index is 12.0. The van der Waals surface area contributed by atoms with Crippen molar-refractivity contribution in [1.29, 1.82) is 0 Å². The predicted molar refractivity (Wildman–Crippen MR) is 68.3 cm³/mol. The van der Waals surface area contributed by atoms with Crippen molar-refractivity contribution in [2.24, 2.45) is 0 Å². The Morgan fingerprint density at radius 3 is 2.84 bits per heavy atom. The monoisotopic (exact) mass is 274 g/mol. The number of benzene rings is 1. The van der Waals surface area contributed by atoms with Crippen LogP contribution in [0.1, 0.15) is 12.0 Å². The Morgan fingerprint density at radius 2 is 2.11 bits per heavy atom. The maximum absolute atomic E-state index is 12.0. The summed E-state index contributed by atoms with van der Waals surface area (Å²) in [6.45, 7) is 0.150. The summed E-state index contributed by atoms with van der Waals surface area (Å²) in [5.41, 5.74) is 8.76. The van der Waals surface area contributed by atoms with E-state index in [1.165, 1.54) is 0 Å². The first-order valence-electron chi connectivity index (χ1n) is 6.24. The molecule has 0 radical (unpaired) electrons. The van der Waals surface area contributed by atoms with Gasteiger partial charge in [-0.2, -0.15) is 13.2 Å². The predicted octanol–water partition coefficient (Wildman–Crippen LogP) is 2.60. The number of halogens is 3. The van der Waals surface area contributed by atoms with Crippen LogP contribution in [0.15, 0.2) is 18.2 Å². The second kappa shape index (κ2) is 5.69. The smallest absolute Gasteiger partial charge is 0.398 e. The topological polar surface area (TPSA) is 38.5 Å². The summed E-state index contributed by atoms with van der Waals surface area (Å²) in [6, 6.07) is 5.67. The molecule has 0 amide bonds. The minimum atomic E-state index is -4.26. The van der Waals surface area contributed by atoms with Gasteiger partial charge in [-0.05, 0) is 30.5 Å². The molecule has 0 spiro atoms. The highest BCUT2D eigenvalue weighted by atomic mass is 19.4. The summed E-state index contributed by atoms with van der Waals surface area (Å²) < 4.78 is 40.5. The molecule has 0 aliphatic carbocycles. The van der Waals surface area contributed by atoms with E-state index in [9.17, 15) is 13.2 Å². The fourth-order valence-corrected chi connectivity index (χ4v) is 2.32. The van der Waals surface area contributed by atoms with Gasteiger partial charge in [0.1, 0.15) is 6.61 Å². The van der Waals surface area contributed by atoms with Crippen LogP contribution >= 0.6 is 0 Å². The number of anilines is 2. The fourth-order valence-electron chi connectivity index (χ4n) is 2.32. The molecule has 1 aliphatic rings. The van der Waals surface area contributed by atoms with E-state index in [2.05, 4.69) is 4.74 Å². The number of nitrogen functional groups attached to an aromatic ring is 1. The molecule has 2 N–H and O–H groups in total. The molecule has 106 valence electrons. The van der Waals surface area contributed by atoms with Gasteiger partial charge in [0, 0.05) is 24.5 Å². The van der Waals surface area contributed by atoms with E-state index in [4.69, 9.17) is 5.73 Å². The first-order valence-corrected chi connectivity index (χ1v) is 6.24. The van der Waals surface area contributed by atoms with Crippen LogP contribution in [0, 0.1) is 0 Å². The number of fused-ring (bicyclic) bond motifs is 1. The molecule has 6 heteroatoms. The number of rotatable bonds is 4. The van der Waals surface area contributed by atoms with Gasteiger partial charge in [-0.3, -0.25) is 0 Å². The van der Waals surface area contributed by atoms with Crippen LogP contribution in [-0.4, -0.2) is 32.5 Å². The highest BCUT2D eigenvalue weighted by molar-refractivity contribution is 5.66. The summed E-state index contributed by atoms with van der Waals surface area (Å²) in [7, 11) is 0. The Labute approximate surface area is 110 Å². The van der Waals surface area contributed by atoms with Gasteiger partial charge in [-0.15, -0.1) is 0 Å². The second-order valence-electron chi connectivity index (χ2n) is 4.60. The van der Waals surface area contributed by atoms with Gasteiger partial charge < -0.3 is 15.4 Å². The van der Waals surface area contributed by atoms with Gasteiger partial charge in [0.05, 0.1) is 6.61 Å². The minimum absolute atomic E-state index is 0.0632. The van der Waals surface area contributed by atoms with Crippen LogP contribution in [0.4, 0.5) is 24.5 Å². The van der Waals surface area contributed by atoms with E-state index in [0.717, 1.165) is 36.3 Å². The highest BCUT2D eigenvalue weighted by Crippen LogP contribution is 2.30. The Hall–Kier alpha value is -1.43. The van der Waals surface area contributed by atoms with Crippen molar-refractivity contribution in [1.82, 2.24) is 0 Å². The van der Waals surface area contributed by atoms with Crippen LogP contribution in [0.2, 0.25) is 0 Å². The molecule has 19 heavy (non-hydrogen) atoms. The van der Waals surface area contributed by atoms with Crippen molar-refractivity contribution in [3.05, 3.63) is 23.8 Å². The van der Waals surface area contributed by atoms with E-state index in [-0.39, 0.29) is 6.61 Å². The SMILES string of the molecule is Nc1cccc2c1CCCN2CCOCC(F)(F)F. The molecule has 2 rings (SSSR count). The van der Waals surface area contributed by atoms with Crippen LogP contribution in [0.25, 0.3) is 0 Å². The molecule has 0 fully saturated rings. The number of hydrogen-bond donors (Lipinski definition) is 1. The van der Waals surface area contributed by atoms with Crippen molar-refractivity contribution >= 4 is 11.4 Å². The van der Waals surface area contributed by atoms with Crippen LogP contribution in [0.3, 0.4) is 0 Å². The van der Waals surface area contributed by atoms with Gasteiger partial charge in [0.2, 0.25) is 0 Å². The average Bonchev–Trinajstić information content (AvgIpc) is 2.34. The Bertz CT molecular complexity index is 434. The van der Waals surface area contributed by atoms with Crippen molar-refractivity contribution in [2.75, 3.05) is 36.9 Å². The quantitative estimate of drug-likeness (QED) is 0.677. The summed E-state index contributed by atoms with van der Waals surface area (Å²) >= 11 is 0. The molecule has 1 aromatic carbocycles. The summed E-state index contributed by atoms with van der Waals surface area (Å²) in [4.78, 5) is 2.03. The van der Waals surface area contributed by atoms with Crippen molar-refractivity contribution < 1.29 is 17.9 Å². The van der Waals surface area contributed by atoms with Gasteiger partial charge in [0.25, 0.3) is 0 Å². The zero-order chi connectivity index (χ0) is 13.9. The normalized spacial score (nSPS) is 15.4. The lowest BCUT2D eigenvalue weighted by atomic mass is 10.00. The number of ether oxygens (including phenoxy) is 1. The van der Waals surface area contributed by atoms with Gasteiger partial charge in [-0.1, -0.05) is 6.07 Å². The standard InChI is InChI=1S/C13H17F3N2O/c14-13(15,16)9-19-8-7-18-6-2-3-10-11(17)4-1-5-12(10)18/h1,4-5H,2-3,6-9,17H2. The fraction of sp³-hybridized carbons (Fsp3) is 0.538. The van der Waals surface area contributed by atoms with Gasteiger partial charge >= 0.3 is 6.18 Å². The number of alkyl halides is 3. The molecule has 0 aromatic heterocycles. The molecule has 1 heterocycles. The number of nitrogens with zero attached hydrogens (tertiary/aromatic N) is 1. The molecule has 0 saturated heterocycles. The third-order valence-corrected chi connectivity index (χ3v) is 3.15. The zero-order valence-corrected chi connectivity index (χ0v) is 10.5. The third-order valence-electron chi connectivity index (χ3n) is 3.15. The lowest BCUT2D eigenvalue weighted by Gasteiger charge is -2.32. The number of hydrogen-bond acceptors (Lipinski definition) is 3. The van der Waals surface area contributed by atoms with Crippen molar-refractivity contribution in [3.63, 3.8) is 0 Å². The van der Waals surface area contributed by atoms with E-state index in [1.54, 1.807) is 0 Å².